The van der Waals surface area contributed by atoms with Gasteiger partial charge in [0, 0.05) is 5.75 Å². The molecular weight excluding hydrogens is 218 g/mol. The summed E-state index contributed by atoms with van der Waals surface area (Å²) < 4.78 is 0. The highest BCUT2D eigenvalue weighted by Gasteiger charge is 2.01. The molecule has 0 fully saturated rings. The van der Waals surface area contributed by atoms with Crippen molar-refractivity contribution in [2.24, 2.45) is 0 Å². The van der Waals surface area contributed by atoms with Gasteiger partial charge in [-0.3, -0.25) is 4.79 Å². The third-order valence-electron chi connectivity index (χ3n) is 2.14. The van der Waals surface area contributed by atoms with Gasteiger partial charge in [-0.1, -0.05) is 30.2 Å². The van der Waals surface area contributed by atoms with Crippen molar-refractivity contribution >= 4 is 17.7 Å². The minimum atomic E-state index is -0.00321. The normalized spacial score (nSPS) is 9.50. The minimum Gasteiger partial charge on any atom is -0.344 e. The van der Waals surface area contributed by atoms with Crippen LogP contribution in [0.25, 0.3) is 0 Å². The van der Waals surface area contributed by atoms with Gasteiger partial charge in [-0.15, -0.1) is 18.2 Å². The first-order valence-electron chi connectivity index (χ1n) is 5.06. The van der Waals surface area contributed by atoms with Crippen LogP contribution in [0.1, 0.15) is 11.1 Å². The van der Waals surface area contributed by atoms with Crippen LogP contribution in [0.15, 0.2) is 24.3 Å². The molecule has 1 N–H and O–H groups in total. The van der Waals surface area contributed by atoms with Gasteiger partial charge in [-0.05, 0) is 18.1 Å². The van der Waals surface area contributed by atoms with Gasteiger partial charge < -0.3 is 5.32 Å². The SMILES string of the molecule is C#CCNC(=O)CSCc1ccccc1C. The number of hydrogen-bond acceptors (Lipinski definition) is 2. The summed E-state index contributed by atoms with van der Waals surface area (Å²) in [5.41, 5.74) is 2.54. The molecule has 0 saturated carbocycles. The predicted molar refractivity (Wildman–Crippen MR) is 69.2 cm³/mol. The minimum absolute atomic E-state index is 0.00321. The van der Waals surface area contributed by atoms with E-state index in [4.69, 9.17) is 6.42 Å². The maximum atomic E-state index is 11.2. The summed E-state index contributed by atoms with van der Waals surface area (Å²) >= 11 is 1.60. The summed E-state index contributed by atoms with van der Waals surface area (Å²) in [6.45, 7) is 2.39. The van der Waals surface area contributed by atoms with Crippen molar-refractivity contribution in [3.05, 3.63) is 35.4 Å². The Labute approximate surface area is 101 Å². The summed E-state index contributed by atoms with van der Waals surface area (Å²) in [6.07, 6.45) is 5.04. The lowest BCUT2D eigenvalue weighted by Gasteiger charge is -2.05. The molecule has 16 heavy (non-hydrogen) atoms. The molecule has 3 heteroatoms. The second-order valence-corrected chi connectivity index (χ2v) is 4.39. The Morgan fingerprint density at radius 3 is 2.94 bits per heavy atom. The number of terminal acetylenes is 1. The second kappa shape index (κ2) is 6.97. The molecule has 2 nitrogen and oxygen atoms in total. The molecule has 0 aliphatic rings. The lowest BCUT2D eigenvalue weighted by Crippen LogP contribution is -2.25. The number of hydrogen-bond donors (Lipinski definition) is 1. The van der Waals surface area contributed by atoms with E-state index < -0.39 is 0 Å². The van der Waals surface area contributed by atoms with Gasteiger partial charge in [0.2, 0.25) is 5.91 Å². The Balaban J connectivity index is 2.29. The highest BCUT2D eigenvalue weighted by atomic mass is 32.2. The number of rotatable bonds is 5. The summed E-state index contributed by atoms with van der Waals surface area (Å²) in [4.78, 5) is 11.2. The average molecular weight is 233 g/mol. The van der Waals surface area contributed by atoms with Crippen LogP contribution in [0.3, 0.4) is 0 Å². The van der Waals surface area contributed by atoms with Crippen LogP contribution in [0, 0.1) is 19.3 Å². The molecule has 0 bridgehead atoms. The molecule has 1 amide bonds. The first-order chi connectivity index (χ1) is 7.74. The van der Waals surface area contributed by atoms with Crippen LogP contribution in [-0.2, 0) is 10.5 Å². The van der Waals surface area contributed by atoms with Gasteiger partial charge in [0.1, 0.15) is 0 Å². The van der Waals surface area contributed by atoms with Gasteiger partial charge in [-0.2, -0.15) is 0 Å². The molecule has 1 aromatic carbocycles. The van der Waals surface area contributed by atoms with E-state index in [2.05, 4.69) is 30.3 Å². The monoisotopic (exact) mass is 233 g/mol. The third-order valence-corrected chi connectivity index (χ3v) is 3.12. The van der Waals surface area contributed by atoms with Gasteiger partial charge >= 0.3 is 0 Å². The molecule has 0 atom stereocenters. The molecule has 1 rings (SSSR count). The number of nitrogens with one attached hydrogen (secondary N) is 1. The standard InChI is InChI=1S/C13H15NOS/c1-3-8-14-13(15)10-16-9-12-7-5-4-6-11(12)2/h1,4-7H,8-10H2,2H3,(H,14,15). The number of amides is 1. The Hall–Kier alpha value is -1.40. The fraction of sp³-hybridized carbons (Fsp3) is 0.308. The van der Waals surface area contributed by atoms with Crippen molar-refractivity contribution in [1.29, 1.82) is 0 Å². The van der Waals surface area contributed by atoms with Gasteiger partial charge in [0.15, 0.2) is 0 Å². The van der Waals surface area contributed by atoms with Crippen molar-refractivity contribution < 1.29 is 4.79 Å². The van der Waals surface area contributed by atoms with E-state index in [0.29, 0.717) is 12.3 Å². The summed E-state index contributed by atoms with van der Waals surface area (Å²) in [6, 6.07) is 8.19. The zero-order chi connectivity index (χ0) is 11.8. The smallest absolute Gasteiger partial charge is 0.230 e. The van der Waals surface area contributed by atoms with Gasteiger partial charge in [0.25, 0.3) is 0 Å². The highest BCUT2D eigenvalue weighted by molar-refractivity contribution is 7.99. The van der Waals surface area contributed by atoms with E-state index >= 15 is 0 Å². The van der Waals surface area contributed by atoms with Crippen LogP contribution < -0.4 is 5.32 Å². The molecule has 0 unspecified atom stereocenters. The van der Waals surface area contributed by atoms with Crippen LogP contribution in [0.4, 0.5) is 0 Å². The van der Waals surface area contributed by atoms with Crippen LogP contribution in [0.2, 0.25) is 0 Å². The van der Waals surface area contributed by atoms with Crippen molar-refractivity contribution in [1.82, 2.24) is 5.32 Å². The molecule has 0 aliphatic heterocycles. The Bertz CT molecular complexity index is 395. The number of thioether (sulfide) groups is 1. The van der Waals surface area contributed by atoms with E-state index in [0.717, 1.165) is 5.75 Å². The Morgan fingerprint density at radius 2 is 2.25 bits per heavy atom. The summed E-state index contributed by atoms with van der Waals surface area (Å²) in [5, 5.41) is 2.64. The third kappa shape index (κ3) is 4.41. The van der Waals surface area contributed by atoms with E-state index in [9.17, 15) is 4.79 Å². The number of aryl methyl sites for hydroxylation is 1. The molecule has 0 radical (unpaired) electrons. The number of carbonyl (C=O) groups excluding carboxylic acids is 1. The lowest BCUT2D eigenvalue weighted by atomic mass is 10.1. The lowest BCUT2D eigenvalue weighted by molar-refractivity contribution is -0.118. The van der Waals surface area contributed by atoms with Crippen molar-refractivity contribution in [2.45, 2.75) is 12.7 Å². The Morgan fingerprint density at radius 1 is 1.50 bits per heavy atom. The molecule has 0 aromatic heterocycles. The zero-order valence-electron chi connectivity index (χ0n) is 9.32. The molecular formula is C13H15NOS. The fourth-order valence-electron chi connectivity index (χ4n) is 1.23. The first kappa shape index (κ1) is 12.7. The van der Waals surface area contributed by atoms with Gasteiger partial charge in [-0.25, -0.2) is 0 Å². The molecule has 0 heterocycles. The van der Waals surface area contributed by atoms with Crippen LogP contribution in [0.5, 0.6) is 0 Å². The van der Waals surface area contributed by atoms with Crippen LogP contribution >= 0.6 is 11.8 Å². The maximum Gasteiger partial charge on any atom is 0.230 e. The summed E-state index contributed by atoms with van der Waals surface area (Å²) in [5.74, 6) is 3.68. The highest BCUT2D eigenvalue weighted by Crippen LogP contribution is 2.15. The first-order valence-corrected chi connectivity index (χ1v) is 6.22. The van der Waals surface area contributed by atoms with E-state index in [1.54, 1.807) is 11.8 Å². The molecule has 0 aliphatic carbocycles. The number of benzene rings is 1. The van der Waals surface area contributed by atoms with E-state index in [1.807, 2.05) is 12.1 Å². The molecule has 0 spiro atoms. The molecule has 0 saturated heterocycles. The van der Waals surface area contributed by atoms with Crippen molar-refractivity contribution in [2.75, 3.05) is 12.3 Å². The molecule has 84 valence electrons. The second-order valence-electron chi connectivity index (χ2n) is 3.40. The zero-order valence-corrected chi connectivity index (χ0v) is 10.1. The number of carbonyl (C=O) groups is 1. The van der Waals surface area contributed by atoms with Crippen molar-refractivity contribution in [3.63, 3.8) is 0 Å². The Kier molecular flexibility index (Phi) is 5.52. The van der Waals surface area contributed by atoms with E-state index in [1.165, 1.54) is 11.1 Å². The average Bonchev–Trinajstić information content (AvgIpc) is 2.29. The van der Waals surface area contributed by atoms with Crippen LogP contribution in [-0.4, -0.2) is 18.2 Å². The predicted octanol–water partition coefficient (Wildman–Crippen LogP) is 1.98. The maximum absolute atomic E-state index is 11.2. The van der Waals surface area contributed by atoms with E-state index in [-0.39, 0.29) is 5.91 Å². The largest absolute Gasteiger partial charge is 0.344 e. The summed E-state index contributed by atoms with van der Waals surface area (Å²) in [7, 11) is 0. The quantitative estimate of drug-likeness (QED) is 0.788. The van der Waals surface area contributed by atoms with Gasteiger partial charge in [0.05, 0.1) is 12.3 Å². The fourth-order valence-corrected chi connectivity index (χ4v) is 2.16. The van der Waals surface area contributed by atoms with Crippen molar-refractivity contribution in [3.8, 4) is 12.3 Å². The molecule has 1 aromatic rings. The topological polar surface area (TPSA) is 29.1 Å².